The Labute approximate surface area is 141 Å². The summed E-state index contributed by atoms with van der Waals surface area (Å²) in [6.07, 6.45) is 6.90. The standard InChI is InChI=1S/C18H31N3S/c1-6-8-12-21(13-9-7-2)22-20(5)15-19-18-11-10-16(3)14-17(18)4/h10-11,14-15H,6-9,12-13H2,1-5H3. The Bertz CT molecular complexity index is 452. The molecule has 0 amide bonds. The predicted molar refractivity (Wildman–Crippen MR) is 101 cm³/mol. The molecule has 0 unspecified atom stereocenters. The largest absolute Gasteiger partial charge is 0.297 e. The summed E-state index contributed by atoms with van der Waals surface area (Å²) < 4.78 is 4.55. The fraction of sp³-hybridized carbons (Fsp3) is 0.611. The molecule has 1 aromatic rings. The molecule has 1 aromatic carbocycles. The van der Waals surface area contributed by atoms with Gasteiger partial charge in [0.25, 0.3) is 0 Å². The van der Waals surface area contributed by atoms with Crippen LogP contribution in [-0.4, -0.2) is 35.1 Å². The smallest absolute Gasteiger partial charge is 0.102 e. The highest BCUT2D eigenvalue weighted by molar-refractivity contribution is 7.95. The summed E-state index contributed by atoms with van der Waals surface area (Å²) in [6.45, 7) is 11.0. The van der Waals surface area contributed by atoms with Crippen LogP contribution in [0.15, 0.2) is 23.2 Å². The lowest BCUT2D eigenvalue weighted by molar-refractivity contribution is 0.435. The van der Waals surface area contributed by atoms with Gasteiger partial charge in [0.1, 0.15) is 6.34 Å². The van der Waals surface area contributed by atoms with E-state index in [-0.39, 0.29) is 0 Å². The number of hydrogen-bond donors (Lipinski definition) is 0. The topological polar surface area (TPSA) is 18.8 Å². The Morgan fingerprint density at radius 1 is 1.09 bits per heavy atom. The number of rotatable bonds is 10. The van der Waals surface area contributed by atoms with Crippen LogP contribution in [0.3, 0.4) is 0 Å². The van der Waals surface area contributed by atoms with E-state index in [1.165, 1.54) is 36.8 Å². The molecule has 0 aliphatic heterocycles. The van der Waals surface area contributed by atoms with Crippen molar-refractivity contribution in [1.82, 2.24) is 8.61 Å². The van der Waals surface area contributed by atoms with Gasteiger partial charge in [-0.2, -0.15) is 0 Å². The van der Waals surface area contributed by atoms with Crippen molar-refractivity contribution in [2.24, 2.45) is 4.99 Å². The summed E-state index contributed by atoms with van der Waals surface area (Å²) in [7, 11) is 2.07. The van der Waals surface area contributed by atoms with Crippen LogP contribution in [0.4, 0.5) is 5.69 Å². The summed E-state index contributed by atoms with van der Waals surface area (Å²) >= 11 is 1.77. The van der Waals surface area contributed by atoms with Crippen molar-refractivity contribution in [2.75, 3.05) is 20.1 Å². The first-order chi connectivity index (χ1) is 10.6. The van der Waals surface area contributed by atoms with Crippen LogP contribution in [0, 0.1) is 13.8 Å². The number of aryl methyl sites for hydroxylation is 2. The Kier molecular flexibility index (Phi) is 9.25. The fourth-order valence-electron chi connectivity index (χ4n) is 2.16. The first-order valence-corrected chi connectivity index (χ1v) is 9.07. The molecular formula is C18H31N3S. The number of aliphatic imine (C=N–C) groups is 1. The first kappa shape index (κ1) is 19.0. The number of unbranched alkanes of at least 4 members (excludes halogenated alkanes) is 2. The lowest BCUT2D eigenvalue weighted by Crippen LogP contribution is -2.24. The first-order valence-electron chi connectivity index (χ1n) is 8.34. The number of hydrogen-bond acceptors (Lipinski definition) is 3. The Balaban J connectivity index is 2.57. The van der Waals surface area contributed by atoms with Gasteiger partial charge < -0.3 is 0 Å². The maximum Gasteiger partial charge on any atom is 0.102 e. The minimum Gasteiger partial charge on any atom is -0.297 e. The molecule has 0 saturated heterocycles. The van der Waals surface area contributed by atoms with E-state index in [9.17, 15) is 0 Å². The molecule has 0 radical (unpaired) electrons. The van der Waals surface area contributed by atoms with Crippen LogP contribution in [0.5, 0.6) is 0 Å². The molecule has 22 heavy (non-hydrogen) atoms. The molecule has 0 aromatic heterocycles. The number of benzene rings is 1. The molecule has 0 heterocycles. The monoisotopic (exact) mass is 321 g/mol. The third-order valence-corrected chi connectivity index (χ3v) is 4.43. The molecule has 1 rings (SSSR count). The van der Waals surface area contributed by atoms with Crippen molar-refractivity contribution in [3.05, 3.63) is 29.3 Å². The van der Waals surface area contributed by atoms with Gasteiger partial charge in [-0.25, -0.2) is 9.30 Å². The summed E-state index contributed by atoms with van der Waals surface area (Å²) in [5, 5.41) is 0. The second-order valence-electron chi connectivity index (χ2n) is 5.80. The molecule has 0 aliphatic carbocycles. The zero-order valence-electron chi connectivity index (χ0n) is 14.8. The molecule has 3 nitrogen and oxygen atoms in total. The second kappa shape index (κ2) is 10.7. The van der Waals surface area contributed by atoms with Gasteiger partial charge in [-0.3, -0.25) is 4.31 Å². The van der Waals surface area contributed by atoms with Gasteiger partial charge in [0, 0.05) is 32.3 Å². The maximum absolute atomic E-state index is 4.61. The molecule has 0 bridgehead atoms. The SMILES string of the molecule is CCCCN(CCCC)SN(C)C=Nc1ccc(C)cc1C. The Hall–Kier alpha value is -1.00. The minimum absolute atomic E-state index is 1.05. The van der Waals surface area contributed by atoms with Gasteiger partial charge in [-0.15, -0.1) is 0 Å². The average molecular weight is 322 g/mol. The highest BCUT2D eigenvalue weighted by Crippen LogP contribution is 2.20. The van der Waals surface area contributed by atoms with Crippen molar-refractivity contribution in [1.29, 1.82) is 0 Å². The summed E-state index contributed by atoms with van der Waals surface area (Å²) in [5.74, 6) is 0. The van der Waals surface area contributed by atoms with Gasteiger partial charge in [0.05, 0.1) is 5.69 Å². The van der Waals surface area contributed by atoms with Crippen molar-refractivity contribution in [2.45, 2.75) is 53.4 Å². The van der Waals surface area contributed by atoms with Crippen LogP contribution in [0.1, 0.15) is 50.7 Å². The van der Waals surface area contributed by atoms with Gasteiger partial charge in [-0.1, -0.05) is 44.4 Å². The highest BCUT2D eigenvalue weighted by Gasteiger charge is 2.07. The van der Waals surface area contributed by atoms with Crippen molar-refractivity contribution < 1.29 is 0 Å². The van der Waals surface area contributed by atoms with E-state index in [0.29, 0.717) is 0 Å². The Morgan fingerprint density at radius 2 is 1.73 bits per heavy atom. The van der Waals surface area contributed by atoms with Crippen molar-refractivity contribution in [3.8, 4) is 0 Å². The molecular weight excluding hydrogens is 290 g/mol. The molecule has 124 valence electrons. The molecule has 0 aliphatic rings. The van der Waals surface area contributed by atoms with Crippen LogP contribution in [-0.2, 0) is 0 Å². The predicted octanol–water partition coefficient (Wildman–Crippen LogP) is 5.36. The van der Waals surface area contributed by atoms with Crippen LogP contribution < -0.4 is 0 Å². The third-order valence-electron chi connectivity index (χ3n) is 3.48. The molecule has 0 atom stereocenters. The second-order valence-corrected chi connectivity index (χ2v) is 7.05. The summed E-state index contributed by atoms with van der Waals surface area (Å²) in [6, 6.07) is 6.38. The van der Waals surface area contributed by atoms with Crippen LogP contribution in [0.25, 0.3) is 0 Å². The van der Waals surface area contributed by atoms with Crippen molar-refractivity contribution >= 4 is 24.2 Å². The van der Waals surface area contributed by atoms with Crippen LogP contribution in [0.2, 0.25) is 0 Å². The lowest BCUT2D eigenvalue weighted by atomic mass is 10.1. The van der Waals surface area contributed by atoms with E-state index < -0.39 is 0 Å². The van der Waals surface area contributed by atoms with Gasteiger partial charge in [-0.05, 0) is 38.3 Å². The summed E-state index contributed by atoms with van der Waals surface area (Å²) in [4.78, 5) is 4.61. The highest BCUT2D eigenvalue weighted by atomic mass is 32.2. The Morgan fingerprint density at radius 3 is 2.27 bits per heavy atom. The summed E-state index contributed by atoms with van der Waals surface area (Å²) in [5.41, 5.74) is 3.56. The average Bonchev–Trinajstić information content (AvgIpc) is 2.49. The molecule has 0 N–H and O–H groups in total. The molecule has 0 saturated carbocycles. The quantitative estimate of drug-likeness (QED) is 0.328. The fourth-order valence-corrected chi connectivity index (χ4v) is 3.03. The minimum atomic E-state index is 1.05. The van der Waals surface area contributed by atoms with E-state index in [1.807, 2.05) is 6.34 Å². The van der Waals surface area contributed by atoms with E-state index in [4.69, 9.17) is 0 Å². The zero-order valence-corrected chi connectivity index (χ0v) is 15.6. The van der Waals surface area contributed by atoms with E-state index in [2.05, 4.69) is 66.5 Å². The zero-order chi connectivity index (χ0) is 16.4. The molecule has 0 fully saturated rings. The molecule has 0 spiro atoms. The van der Waals surface area contributed by atoms with E-state index in [0.717, 1.165) is 18.8 Å². The molecule has 4 heteroatoms. The van der Waals surface area contributed by atoms with Gasteiger partial charge in [0.15, 0.2) is 0 Å². The maximum atomic E-state index is 4.61. The lowest BCUT2D eigenvalue weighted by Gasteiger charge is -2.24. The third kappa shape index (κ3) is 7.32. The van der Waals surface area contributed by atoms with Crippen molar-refractivity contribution in [3.63, 3.8) is 0 Å². The van der Waals surface area contributed by atoms with Gasteiger partial charge >= 0.3 is 0 Å². The van der Waals surface area contributed by atoms with E-state index >= 15 is 0 Å². The van der Waals surface area contributed by atoms with E-state index in [1.54, 1.807) is 12.1 Å². The van der Waals surface area contributed by atoms with Gasteiger partial charge in [0.2, 0.25) is 0 Å². The van der Waals surface area contributed by atoms with Crippen LogP contribution >= 0.6 is 12.1 Å². The normalized spacial score (nSPS) is 11.5. The number of nitrogens with zero attached hydrogens (tertiary/aromatic N) is 3.